The summed E-state index contributed by atoms with van der Waals surface area (Å²) in [7, 11) is 1.56. The highest BCUT2D eigenvalue weighted by atomic mass is 79.9. The Morgan fingerprint density at radius 2 is 1.40 bits per heavy atom. The summed E-state index contributed by atoms with van der Waals surface area (Å²) in [6.07, 6.45) is 8.94. The smallest absolute Gasteiger partial charge is 0.269 e. The molecule has 2 saturated carbocycles. The average molecular weight is 821 g/mol. The zero-order valence-electron chi connectivity index (χ0n) is 26.1. The molecule has 5 aromatic rings. The minimum Gasteiger partial charge on any atom is -0.507 e. The number of ether oxygens (including phenoxy) is 1. The fraction of sp³-hybridized carbons (Fsp3) is 0.394. The van der Waals surface area contributed by atoms with Crippen molar-refractivity contribution in [2.75, 3.05) is 17.7 Å². The number of aromatic nitrogens is 3. The van der Waals surface area contributed by atoms with Gasteiger partial charge in [0.1, 0.15) is 22.9 Å². The number of anilines is 2. The number of benzene rings is 2. The molecule has 0 aliphatic heterocycles. The minimum absolute atomic E-state index is 0.0405. The van der Waals surface area contributed by atoms with E-state index in [9.17, 15) is 20.1 Å². The van der Waals surface area contributed by atoms with E-state index in [4.69, 9.17) is 4.74 Å². The van der Waals surface area contributed by atoms with Crippen LogP contribution in [0.5, 0.6) is 17.2 Å². The van der Waals surface area contributed by atoms with Crippen LogP contribution in [0.2, 0.25) is 0 Å². The van der Waals surface area contributed by atoms with Gasteiger partial charge >= 0.3 is 0 Å². The standard InChI is InChI=1S/C20H21BrN4O3S.C13H15BrN2O2S/c1-22-19(27)14-10-11(8-9-23-14)28-16-7-6-13-18(17(16)21)29-20(25-13)24-12-4-2-3-5-15(12)26;14-11-10(18)6-5-8-12(11)19-13(16-8)15-7-3-1-2-4-9(7)17/h6-10,12,15,26H,2-5H2,1H3,(H,22,27)(H,24,25);5-7,9,17-18H,1-4H2,(H,15,16)/t12-,15-;7-,9-/m11/s1. The maximum Gasteiger partial charge on any atom is 0.269 e. The van der Waals surface area contributed by atoms with E-state index in [1.807, 2.05) is 12.1 Å². The molecule has 3 heterocycles. The fourth-order valence-corrected chi connectivity index (χ4v) is 8.98. The van der Waals surface area contributed by atoms with E-state index in [2.05, 4.69) is 62.8 Å². The van der Waals surface area contributed by atoms with Crippen molar-refractivity contribution in [3.05, 3.63) is 57.2 Å². The number of thiazole rings is 2. The Hall–Kier alpha value is -3.08. The molecule has 4 atom stereocenters. The lowest BCUT2D eigenvalue weighted by atomic mass is 9.93. The van der Waals surface area contributed by atoms with Crippen LogP contribution in [-0.4, -0.2) is 67.5 Å². The molecule has 0 radical (unpaired) electrons. The number of phenolic OH excluding ortho intramolecular Hbond substituents is 1. The van der Waals surface area contributed by atoms with Gasteiger partial charge in [-0.15, -0.1) is 0 Å². The Morgan fingerprint density at radius 3 is 1.98 bits per heavy atom. The molecule has 6 N–H and O–H groups in total. The lowest BCUT2D eigenvalue weighted by Gasteiger charge is -2.27. The van der Waals surface area contributed by atoms with Crippen LogP contribution in [0.15, 0.2) is 51.5 Å². The van der Waals surface area contributed by atoms with Gasteiger partial charge in [-0.25, -0.2) is 9.97 Å². The first-order valence-electron chi connectivity index (χ1n) is 15.8. The second-order valence-corrected chi connectivity index (χ2v) is 15.4. The Bertz CT molecular complexity index is 1910. The molecule has 48 heavy (non-hydrogen) atoms. The highest BCUT2D eigenvalue weighted by molar-refractivity contribution is 9.11. The van der Waals surface area contributed by atoms with E-state index in [1.165, 1.54) is 28.9 Å². The number of hydrogen-bond acceptors (Lipinski definition) is 12. The summed E-state index contributed by atoms with van der Waals surface area (Å²) in [5.41, 5.74) is 1.99. The quantitative estimate of drug-likeness (QED) is 0.0956. The summed E-state index contributed by atoms with van der Waals surface area (Å²) in [5, 5.41) is 40.7. The van der Waals surface area contributed by atoms with Gasteiger partial charge in [0.15, 0.2) is 10.3 Å². The molecule has 0 unspecified atom stereocenters. The summed E-state index contributed by atoms with van der Waals surface area (Å²) < 4.78 is 9.33. The minimum atomic E-state index is -0.334. The first-order valence-corrected chi connectivity index (χ1v) is 19.0. The molecule has 0 spiro atoms. The first-order chi connectivity index (χ1) is 23.2. The number of amides is 1. The molecule has 2 fully saturated rings. The predicted octanol–water partition coefficient (Wildman–Crippen LogP) is 7.80. The summed E-state index contributed by atoms with van der Waals surface area (Å²) in [4.78, 5) is 25.0. The number of hydrogen-bond donors (Lipinski definition) is 6. The number of pyridine rings is 1. The predicted molar refractivity (Wildman–Crippen MR) is 198 cm³/mol. The SMILES string of the molecule is CNC(=O)c1cc(Oc2ccc3nc(N[C@@H]4CCCC[C@H]4O)sc3c2Br)ccn1.Oc1ccc2nc(N[C@@H]3CCCC[C@H]3O)sc2c1Br. The van der Waals surface area contributed by atoms with E-state index in [0.717, 1.165) is 86.5 Å². The second kappa shape index (κ2) is 15.6. The number of fused-ring (bicyclic) bond motifs is 2. The van der Waals surface area contributed by atoms with Crippen LogP contribution in [0.4, 0.5) is 10.3 Å². The van der Waals surface area contributed by atoms with E-state index in [-0.39, 0.29) is 41.6 Å². The number of nitrogens with zero attached hydrogens (tertiary/aromatic N) is 3. The number of halogens is 2. The third-order valence-corrected chi connectivity index (χ3v) is 12.6. The largest absolute Gasteiger partial charge is 0.507 e. The van der Waals surface area contributed by atoms with Crippen molar-refractivity contribution < 1.29 is 24.9 Å². The molecular formula is C33H36Br2N6O5S2. The number of rotatable bonds is 7. The number of aliphatic hydroxyl groups is 2. The Labute approximate surface area is 302 Å². The van der Waals surface area contributed by atoms with Gasteiger partial charge < -0.3 is 36.0 Å². The maximum atomic E-state index is 11.8. The van der Waals surface area contributed by atoms with Crippen molar-refractivity contribution in [2.24, 2.45) is 0 Å². The highest BCUT2D eigenvalue weighted by Gasteiger charge is 2.25. The average Bonchev–Trinajstić information content (AvgIpc) is 3.71. The van der Waals surface area contributed by atoms with E-state index in [1.54, 1.807) is 31.3 Å². The normalized spacial score (nSPS) is 20.9. The summed E-state index contributed by atoms with van der Waals surface area (Å²) in [6.45, 7) is 0. The number of carbonyl (C=O) groups is 1. The zero-order chi connectivity index (χ0) is 33.8. The van der Waals surface area contributed by atoms with Gasteiger partial charge in [-0.2, -0.15) is 0 Å². The van der Waals surface area contributed by atoms with Crippen molar-refractivity contribution in [1.82, 2.24) is 20.3 Å². The molecule has 15 heteroatoms. The summed E-state index contributed by atoms with van der Waals surface area (Å²) in [6, 6.07) is 10.6. The van der Waals surface area contributed by atoms with Crippen molar-refractivity contribution in [3.8, 4) is 17.2 Å². The molecule has 254 valence electrons. The molecule has 0 bridgehead atoms. The Morgan fingerprint density at radius 1 is 0.833 bits per heavy atom. The van der Waals surface area contributed by atoms with Gasteiger partial charge in [0.05, 0.1) is 53.7 Å². The van der Waals surface area contributed by atoms with Gasteiger partial charge in [0, 0.05) is 19.3 Å². The van der Waals surface area contributed by atoms with Crippen LogP contribution in [0.25, 0.3) is 20.4 Å². The zero-order valence-corrected chi connectivity index (χ0v) is 30.9. The van der Waals surface area contributed by atoms with Crippen LogP contribution in [-0.2, 0) is 0 Å². The molecule has 1 amide bonds. The van der Waals surface area contributed by atoms with Crippen molar-refractivity contribution in [2.45, 2.75) is 75.7 Å². The molecule has 3 aromatic heterocycles. The highest BCUT2D eigenvalue weighted by Crippen LogP contribution is 2.41. The molecular weight excluding hydrogens is 784 g/mol. The maximum absolute atomic E-state index is 11.8. The van der Waals surface area contributed by atoms with E-state index >= 15 is 0 Å². The van der Waals surface area contributed by atoms with Crippen LogP contribution >= 0.6 is 54.5 Å². The number of aliphatic hydroxyl groups excluding tert-OH is 2. The lowest BCUT2D eigenvalue weighted by Crippen LogP contribution is -2.36. The number of carbonyl (C=O) groups excluding carboxylic acids is 1. The molecule has 2 aliphatic rings. The van der Waals surface area contributed by atoms with Gasteiger partial charge in [0.25, 0.3) is 5.91 Å². The van der Waals surface area contributed by atoms with Gasteiger partial charge in [0.2, 0.25) is 0 Å². The molecule has 2 aromatic carbocycles. The van der Waals surface area contributed by atoms with Gasteiger partial charge in [-0.3, -0.25) is 9.78 Å². The molecule has 11 nitrogen and oxygen atoms in total. The monoisotopic (exact) mass is 818 g/mol. The van der Waals surface area contributed by atoms with E-state index in [0.29, 0.717) is 16.0 Å². The van der Waals surface area contributed by atoms with Crippen LogP contribution in [0.1, 0.15) is 61.9 Å². The third kappa shape index (κ3) is 8.03. The third-order valence-electron chi connectivity index (χ3n) is 8.43. The van der Waals surface area contributed by atoms with Crippen molar-refractivity contribution in [3.63, 3.8) is 0 Å². The van der Waals surface area contributed by atoms with Crippen LogP contribution in [0, 0.1) is 0 Å². The fourth-order valence-electron chi connectivity index (χ4n) is 5.82. The van der Waals surface area contributed by atoms with E-state index < -0.39 is 0 Å². The van der Waals surface area contributed by atoms with Gasteiger partial charge in [-0.1, -0.05) is 48.4 Å². The van der Waals surface area contributed by atoms with Crippen LogP contribution < -0.4 is 20.7 Å². The Balaban J connectivity index is 0.000000182. The number of nitrogens with one attached hydrogen (secondary N) is 3. The number of aromatic hydroxyl groups is 1. The lowest BCUT2D eigenvalue weighted by molar-refractivity contribution is 0.0957. The summed E-state index contributed by atoms with van der Waals surface area (Å²) >= 11 is 10.0. The number of phenols is 1. The summed E-state index contributed by atoms with van der Waals surface area (Å²) in [5.74, 6) is 1.10. The molecule has 7 rings (SSSR count). The van der Waals surface area contributed by atoms with Crippen molar-refractivity contribution in [1.29, 1.82) is 0 Å². The topological polar surface area (TPSA) is 162 Å². The van der Waals surface area contributed by atoms with Crippen molar-refractivity contribution >= 4 is 91.1 Å². The van der Waals surface area contributed by atoms with Gasteiger partial charge in [-0.05, 0) is 87.9 Å². The first kappa shape index (κ1) is 34.8. The Kier molecular flexibility index (Phi) is 11.3. The second-order valence-electron chi connectivity index (χ2n) is 11.8. The molecule has 0 saturated heterocycles. The van der Waals surface area contributed by atoms with Crippen LogP contribution in [0.3, 0.4) is 0 Å². The molecule has 2 aliphatic carbocycles.